The summed E-state index contributed by atoms with van der Waals surface area (Å²) in [5.74, 6) is 0. The molecule has 4 heteroatoms. The SMILES string of the molecule is CC(C)(C)C1(NNC(=O)O)CCCCC1. The maximum Gasteiger partial charge on any atom is 0.419 e. The zero-order valence-corrected chi connectivity index (χ0v) is 9.89. The number of rotatable bonds is 2. The zero-order chi connectivity index (χ0) is 11.5. The monoisotopic (exact) mass is 214 g/mol. The van der Waals surface area contributed by atoms with Gasteiger partial charge in [-0.25, -0.2) is 10.2 Å². The second kappa shape index (κ2) is 4.39. The van der Waals surface area contributed by atoms with Crippen LogP contribution in [0.25, 0.3) is 0 Å². The van der Waals surface area contributed by atoms with E-state index in [9.17, 15) is 4.79 Å². The Hall–Kier alpha value is -0.770. The highest BCUT2D eigenvalue weighted by atomic mass is 16.4. The van der Waals surface area contributed by atoms with Gasteiger partial charge < -0.3 is 5.11 Å². The van der Waals surface area contributed by atoms with Crippen LogP contribution >= 0.6 is 0 Å². The summed E-state index contributed by atoms with van der Waals surface area (Å²) < 4.78 is 0. The number of nitrogens with one attached hydrogen (secondary N) is 2. The van der Waals surface area contributed by atoms with Crippen LogP contribution in [0.3, 0.4) is 0 Å². The predicted molar refractivity (Wildman–Crippen MR) is 59.6 cm³/mol. The van der Waals surface area contributed by atoms with Gasteiger partial charge in [-0.2, -0.15) is 0 Å². The van der Waals surface area contributed by atoms with Gasteiger partial charge in [-0.15, -0.1) is 0 Å². The van der Waals surface area contributed by atoms with E-state index in [1.165, 1.54) is 19.3 Å². The third-order valence-electron chi connectivity index (χ3n) is 3.55. The highest BCUT2D eigenvalue weighted by Gasteiger charge is 2.42. The molecule has 0 aromatic heterocycles. The molecule has 0 atom stereocenters. The van der Waals surface area contributed by atoms with Gasteiger partial charge in [0.05, 0.1) is 0 Å². The molecule has 0 radical (unpaired) electrons. The Morgan fingerprint density at radius 3 is 2.13 bits per heavy atom. The van der Waals surface area contributed by atoms with Crippen molar-refractivity contribution in [1.82, 2.24) is 10.9 Å². The second-order valence-electron chi connectivity index (χ2n) is 5.45. The molecule has 0 spiro atoms. The summed E-state index contributed by atoms with van der Waals surface area (Å²) >= 11 is 0. The molecule has 1 saturated carbocycles. The molecule has 1 aliphatic rings. The zero-order valence-electron chi connectivity index (χ0n) is 9.89. The number of hydrogen-bond acceptors (Lipinski definition) is 2. The van der Waals surface area contributed by atoms with Crippen molar-refractivity contribution < 1.29 is 9.90 Å². The van der Waals surface area contributed by atoms with E-state index in [4.69, 9.17) is 5.11 Å². The molecule has 0 aromatic carbocycles. The van der Waals surface area contributed by atoms with Crippen molar-refractivity contribution in [3.8, 4) is 0 Å². The molecular formula is C11H22N2O2. The summed E-state index contributed by atoms with van der Waals surface area (Å²) in [7, 11) is 0. The maximum absolute atomic E-state index is 10.5. The standard InChI is InChI=1S/C11H22N2O2/c1-10(2,3)11(13-12-9(14)15)7-5-4-6-8-11/h12-13H,4-8H2,1-3H3,(H,14,15). The summed E-state index contributed by atoms with van der Waals surface area (Å²) in [6.07, 6.45) is 4.67. The minimum absolute atomic E-state index is 0.0653. The van der Waals surface area contributed by atoms with Gasteiger partial charge in [-0.1, -0.05) is 40.0 Å². The Morgan fingerprint density at radius 1 is 1.20 bits per heavy atom. The molecule has 0 heterocycles. The van der Waals surface area contributed by atoms with E-state index in [2.05, 4.69) is 31.6 Å². The van der Waals surface area contributed by atoms with Crippen LogP contribution < -0.4 is 10.9 Å². The Kier molecular flexibility index (Phi) is 3.60. The largest absolute Gasteiger partial charge is 0.464 e. The van der Waals surface area contributed by atoms with E-state index in [1.54, 1.807) is 0 Å². The summed E-state index contributed by atoms with van der Waals surface area (Å²) in [5.41, 5.74) is 5.33. The number of hydrogen-bond donors (Lipinski definition) is 3. The first-order valence-corrected chi connectivity index (χ1v) is 5.63. The lowest BCUT2D eigenvalue weighted by Gasteiger charge is -2.47. The molecule has 1 fully saturated rings. The molecular weight excluding hydrogens is 192 g/mol. The number of carboxylic acid groups (broad SMARTS) is 1. The molecule has 1 amide bonds. The molecule has 0 bridgehead atoms. The van der Waals surface area contributed by atoms with Gasteiger partial charge in [0.1, 0.15) is 0 Å². The predicted octanol–water partition coefficient (Wildman–Crippen LogP) is 2.51. The fourth-order valence-electron chi connectivity index (χ4n) is 2.39. The van der Waals surface area contributed by atoms with E-state index in [1.807, 2.05) is 0 Å². The van der Waals surface area contributed by atoms with Crippen molar-refractivity contribution in [2.45, 2.75) is 58.4 Å². The summed E-state index contributed by atoms with van der Waals surface area (Å²) in [6.45, 7) is 6.48. The topological polar surface area (TPSA) is 61.4 Å². The van der Waals surface area contributed by atoms with Crippen molar-refractivity contribution in [2.24, 2.45) is 5.41 Å². The van der Waals surface area contributed by atoms with Crippen molar-refractivity contribution >= 4 is 6.09 Å². The lowest BCUT2D eigenvalue weighted by Crippen LogP contribution is -2.61. The third kappa shape index (κ3) is 2.84. The average Bonchev–Trinajstić information content (AvgIpc) is 2.14. The maximum atomic E-state index is 10.5. The summed E-state index contributed by atoms with van der Waals surface area (Å²) in [6, 6.07) is 0. The fraction of sp³-hybridized carbons (Fsp3) is 0.909. The molecule has 1 aliphatic carbocycles. The van der Waals surface area contributed by atoms with Crippen LogP contribution in [-0.4, -0.2) is 16.7 Å². The van der Waals surface area contributed by atoms with Crippen molar-refractivity contribution in [3.63, 3.8) is 0 Å². The lowest BCUT2D eigenvalue weighted by atomic mass is 9.66. The molecule has 4 nitrogen and oxygen atoms in total. The number of hydrazine groups is 1. The van der Waals surface area contributed by atoms with Gasteiger partial charge in [0.15, 0.2) is 0 Å². The smallest absolute Gasteiger partial charge is 0.419 e. The van der Waals surface area contributed by atoms with Gasteiger partial charge >= 0.3 is 6.09 Å². The average molecular weight is 214 g/mol. The van der Waals surface area contributed by atoms with E-state index in [0.717, 1.165) is 12.8 Å². The van der Waals surface area contributed by atoms with Crippen LogP contribution in [0.1, 0.15) is 52.9 Å². The van der Waals surface area contributed by atoms with E-state index < -0.39 is 6.09 Å². The Bertz CT molecular complexity index is 227. The molecule has 88 valence electrons. The van der Waals surface area contributed by atoms with E-state index in [-0.39, 0.29) is 11.0 Å². The first-order chi connectivity index (χ1) is 6.87. The van der Waals surface area contributed by atoms with E-state index >= 15 is 0 Å². The van der Waals surface area contributed by atoms with Crippen LogP contribution in [0, 0.1) is 5.41 Å². The van der Waals surface area contributed by atoms with Gasteiger partial charge in [0, 0.05) is 5.54 Å². The summed E-state index contributed by atoms with van der Waals surface area (Å²) in [4.78, 5) is 10.5. The molecule has 3 N–H and O–H groups in total. The lowest BCUT2D eigenvalue weighted by molar-refractivity contribution is 0.0710. The fourth-order valence-corrected chi connectivity index (χ4v) is 2.39. The highest BCUT2D eigenvalue weighted by Crippen LogP contribution is 2.41. The minimum atomic E-state index is -1.01. The minimum Gasteiger partial charge on any atom is -0.464 e. The van der Waals surface area contributed by atoms with Gasteiger partial charge in [-0.05, 0) is 18.3 Å². The quantitative estimate of drug-likeness (QED) is 0.619. The summed E-state index contributed by atoms with van der Waals surface area (Å²) in [5, 5.41) is 8.65. The molecule has 0 aromatic rings. The van der Waals surface area contributed by atoms with Crippen LogP contribution in [0.4, 0.5) is 4.79 Å². The molecule has 0 saturated heterocycles. The normalized spacial score (nSPS) is 21.0. The molecule has 1 rings (SSSR count). The van der Waals surface area contributed by atoms with Crippen LogP contribution in [0.2, 0.25) is 0 Å². The Balaban J connectivity index is 2.71. The van der Waals surface area contributed by atoms with E-state index in [0.29, 0.717) is 0 Å². The molecule has 0 aliphatic heterocycles. The van der Waals surface area contributed by atoms with Crippen LogP contribution in [0.5, 0.6) is 0 Å². The first-order valence-electron chi connectivity index (χ1n) is 5.63. The Morgan fingerprint density at radius 2 is 1.73 bits per heavy atom. The second-order valence-corrected chi connectivity index (χ2v) is 5.45. The van der Waals surface area contributed by atoms with Crippen molar-refractivity contribution in [3.05, 3.63) is 0 Å². The number of carbonyl (C=O) groups is 1. The molecule has 0 unspecified atom stereocenters. The highest BCUT2D eigenvalue weighted by molar-refractivity contribution is 5.63. The van der Waals surface area contributed by atoms with Gasteiger partial charge in [0.2, 0.25) is 0 Å². The van der Waals surface area contributed by atoms with Gasteiger partial charge in [-0.3, -0.25) is 5.43 Å². The Labute approximate surface area is 91.4 Å². The number of amides is 1. The third-order valence-corrected chi connectivity index (χ3v) is 3.55. The van der Waals surface area contributed by atoms with Crippen LogP contribution in [0.15, 0.2) is 0 Å². The van der Waals surface area contributed by atoms with Crippen LogP contribution in [-0.2, 0) is 0 Å². The van der Waals surface area contributed by atoms with Crippen molar-refractivity contribution in [1.29, 1.82) is 0 Å². The first kappa shape index (κ1) is 12.3. The van der Waals surface area contributed by atoms with Crippen molar-refractivity contribution in [2.75, 3.05) is 0 Å². The molecule has 15 heavy (non-hydrogen) atoms. The van der Waals surface area contributed by atoms with Gasteiger partial charge in [0.25, 0.3) is 0 Å².